The van der Waals surface area contributed by atoms with Crippen LogP contribution in [-0.2, 0) is 11.3 Å². The van der Waals surface area contributed by atoms with Crippen LogP contribution >= 0.6 is 0 Å². The van der Waals surface area contributed by atoms with Crippen molar-refractivity contribution in [2.75, 3.05) is 0 Å². The van der Waals surface area contributed by atoms with E-state index < -0.39 is 5.97 Å². The molecule has 0 atom stereocenters. The Morgan fingerprint density at radius 1 is 1.38 bits per heavy atom. The van der Waals surface area contributed by atoms with E-state index in [0.29, 0.717) is 29.8 Å². The Morgan fingerprint density at radius 2 is 2.10 bits per heavy atom. The summed E-state index contributed by atoms with van der Waals surface area (Å²) >= 11 is 0. The molecule has 1 aromatic heterocycles. The highest BCUT2D eigenvalue weighted by molar-refractivity contribution is 6.01. The van der Waals surface area contributed by atoms with Crippen molar-refractivity contribution in [3.63, 3.8) is 0 Å². The van der Waals surface area contributed by atoms with E-state index in [2.05, 4.69) is 10.3 Å². The van der Waals surface area contributed by atoms with Crippen LogP contribution in [0.4, 0.5) is 0 Å². The number of aromatic carboxylic acids is 1. The lowest BCUT2D eigenvalue weighted by Crippen LogP contribution is -2.30. The summed E-state index contributed by atoms with van der Waals surface area (Å²) in [4.78, 5) is 27.5. The minimum absolute atomic E-state index is 0.0564. The number of aromatic nitrogens is 2. The monoisotopic (exact) mass is 289 g/mol. The largest absolute Gasteiger partial charge is 0.478 e. The first kappa shape index (κ1) is 15.0. The van der Waals surface area contributed by atoms with Crippen molar-refractivity contribution in [3.05, 3.63) is 29.6 Å². The van der Waals surface area contributed by atoms with Gasteiger partial charge in [-0.15, -0.1) is 0 Å². The van der Waals surface area contributed by atoms with E-state index in [-0.39, 0.29) is 17.5 Å². The predicted octanol–water partition coefficient (Wildman–Crippen LogP) is 1.96. The number of carboxylic acids is 1. The third kappa shape index (κ3) is 3.21. The molecule has 0 fully saturated rings. The van der Waals surface area contributed by atoms with Gasteiger partial charge in [-0.2, -0.15) is 0 Å². The summed E-state index contributed by atoms with van der Waals surface area (Å²) in [5.74, 6) is -0.344. The molecule has 1 amide bonds. The fourth-order valence-electron chi connectivity index (χ4n) is 2.36. The van der Waals surface area contributed by atoms with Crippen molar-refractivity contribution in [1.82, 2.24) is 14.9 Å². The molecule has 0 aliphatic carbocycles. The van der Waals surface area contributed by atoms with Crippen LogP contribution in [-0.4, -0.2) is 32.6 Å². The Bertz CT molecular complexity index is 689. The molecule has 0 unspecified atom stereocenters. The van der Waals surface area contributed by atoms with Gasteiger partial charge in [0.1, 0.15) is 5.82 Å². The lowest BCUT2D eigenvalue weighted by Gasteiger charge is -2.11. The average Bonchev–Trinajstić information content (AvgIpc) is 2.70. The van der Waals surface area contributed by atoms with Gasteiger partial charge in [0.05, 0.1) is 16.6 Å². The molecule has 0 saturated carbocycles. The number of rotatable bonds is 5. The maximum absolute atomic E-state index is 11.8. The lowest BCUT2D eigenvalue weighted by atomic mass is 10.2. The maximum atomic E-state index is 11.8. The molecule has 112 valence electrons. The first-order valence-electron chi connectivity index (χ1n) is 6.88. The van der Waals surface area contributed by atoms with Crippen LogP contribution in [0, 0.1) is 6.92 Å². The molecule has 2 aromatic rings. The number of nitrogens with one attached hydrogen (secondary N) is 1. The van der Waals surface area contributed by atoms with Crippen molar-refractivity contribution in [2.24, 2.45) is 0 Å². The highest BCUT2D eigenvalue weighted by Crippen LogP contribution is 2.21. The number of amides is 1. The van der Waals surface area contributed by atoms with E-state index in [1.54, 1.807) is 22.8 Å². The van der Waals surface area contributed by atoms with Gasteiger partial charge in [0.15, 0.2) is 0 Å². The quantitative estimate of drug-likeness (QED) is 0.881. The van der Waals surface area contributed by atoms with Gasteiger partial charge in [-0.3, -0.25) is 4.79 Å². The molecule has 21 heavy (non-hydrogen) atoms. The summed E-state index contributed by atoms with van der Waals surface area (Å²) in [7, 11) is 0. The molecule has 2 N–H and O–H groups in total. The molecule has 1 heterocycles. The van der Waals surface area contributed by atoms with Gasteiger partial charge in [-0.25, -0.2) is 9.78 Å². The Morgan fingerprint density at radius 3 is 2.71 bits per heavy atom. The summed E-state index contributed by atoms with van der Waals surface area (Å²) in [6.45, 7) is 6.02. The molecule has 6 heteroatoms. The number of hydrogen-bond donors (Lipinski definition) is 2. The Labute approximate surface area is 122 Å². The van der Waals surface area contributed by atoms with Crippen LogP contribution in [0.15, 0.2) is 18.2 Å². The molecule has 0 bridgehead atoms. The normalized spacial score (nSPS) is 11.0. The van der Waals surface area contributed by atoms with Crippen LogP contribution in [0.25, 0.3) is 11.0 Å². The van der Waals surface area contributed by atoms with Crippen LogP contribution in [0.5, 0.6) is 0 Å². The zero-order chi connectivity index (χ0) is 15.6. The highest BCUT2D eigenvalue weighted by atomic mass is 16.4. The summed E-state index contributed by atoms with van der Waals surface area (Å²) in [6.07, 6.45) is 0.290. The van der Waals surface area contributed by atoms with Crippen LogP contribution in [0.1, 0.15) is 36.5 Å². The van der Waals surface area contributed by atoms with E-state index in [9.17, 15) is 14.7 Å². The minimum Gasteiger partial charge on any atom is -0.478 e. The number of aryl methyl sites for hydroxylation is 2. The SMILES string of the molecule is Cc1nc2cccc(C(=O)O)c2n1CCC(=O)NC(C)C. The first-order valence-corrected chi connectivity index (χ1v) is 6.88. The molecule has 0 radical (unpaired) electrons. The maximum Gasteiger partial charge on any atom is 0.337 e. The lowest BCUT2D eigenvalue weighted by molar-refractivity contribution is -0.121. The topological polar surface area (TPSA) is 84.2 Å². The number of hydrogen-bond acceptors (Lipinski definition) is 3. The van der Waals surface area contributed by atoms with Gasteiger partial charge in [-0.05, 0) is 32.9 Å². The third-order valence-corrected chi connectivity index (χ3v) is 3.20. The second-order valence-corrected chi connectivity index (χ2v) is 5.26. The number of nitrogens with zero attached hydrogens (tertiary/aromatic N) is 2. The van der Waals surface area contributed by atoms with Crippen molar-refractivity contribution < 1.29 is 14.7 Å². The van der Waals surface area contributed by atoms with Gasteiger partial charge in [0, 0.05) is 19.0 Å². The highest BCUT2D eigenvalue weighted by Gasteiger charge is 2.16. The Hall–Kier alpha value is -2.37. The predicted molar refractivity (Wildman–Crippen MR) is 79.3 cm³/mol. The zero-order valence-corrected chi connectivity index (χ0v) is 12.4. The summed E-state index contributed by atoms with van der Waals surface area (Å²) in [5.41, 5.74) is 1.41. The van der Waals surface area contributed by atoms with Crippen molar-refractivity contribution >= 4 is 22.9 Å². The first-order chi connectivity index (χ1) is 9.90. The number of carbonyl (C=O) groups is 2. The smallest absolute Gasteiger partial charge is 0.337 e. The summed E-state index contributed by atoms with van der Waals surface area (Å²) < 4.78 is 1.79. The van der Waals surface area contributed by atoms with Gasteiger partial charge in [-0.1, -0.05) is 6.07 Å². The van der Waals surface area contributed by atoms with Crippen LogP contribution < -0.4 is 5.32 Å². The number of para-hydroxylation sites is 1. The molecular weight excluding hydrogens is 270 g/mol. The molecule has 0 saturated heterocycles. The second-order valence-electron chi connectivity index (χ2n) is 5.26. The number of carboxylic acid groups (broad SMARTS) is 1. The Kier molecular flexibility index (Phi) is 4.26. The molecule has 2 rings (SSSR count). The molecule has 0 aliphatic rings. The van der Waals surface area contributed by atoms with Crippen molar-refractivity contribution in [3.8, 4) is 0 Å². The van der Waals surface area contributed by atoms with E-state index in [1.807, 2.05) is 20.8 Å². The van der Waals surface area contributed by atoms with Gasteiger partial charge < -0.3 is 15.0 Å². The molecule has 1 aromatic carbocycles. The number of benzene rings is 1. The fraction of sp³-hybridized carbons (Fsp3) is 0.400. The van der Waals surface area contributed by atoms with E-state index in [4.69, 9.17) is 0 Å². The Balaban J connectivity index is 2.33. The van der Waals surface area contributed by atoms with E-state index in [0.717, 1.165) is 0 Å². The van der Waals surface area contributed by atoms with Gasteiger partial charge in [0.25, 0.3) is 0 Å². The molecule has 0 aliphatic heterocycles. The van der Waals surface area contributed by atoms with E-state index in [1.165, 1.54) is 0 Å². The zero-order valence-electron chi connectivity index (χ0n) is 12.4. The number of imidazole rings is 1. The van der Waals surface area contributed by atoms with Crippen LogP contribution in [0.3, 0.4) is 0 Å². The summed E-state index contributed by atoms with van der Waals surface area (Å²) in [5, 5.41) is 12.1. The number of carbonyl (C=O) groups excluding carboxylic acids is 1. The molecular formula is C15H19N3O3. The van der Waals surface area contributed by atoms with Gasteiger partial charge in [0.2, 0.25) is 5.91 Å². The summed E-state index contributed by atoms with van der Waals surface area (Å²) in [6, 6.07) is 5.09. The molecule has 0 spiro atoms. The average molecular weight is 289 g/mol. The van der Waals surface area contributed by atoms with Gasteiger partial charge >= 0.3 is 5.97 Å². The minimum atomic E-state index is -0.992. The standard InChI is InChI=1S/C15H19N3O3/c1-9(2)16-13(19)7-8-18-10(3)17-12-6-4-5-11(14(12)18)15(20)21/h4-6,9H,7-8H2,1-3H3,(H,16,19)(H,20,21). The van der Waals surface area contributed by atoms with E-state index >= 15 is 0 Å². The van der Waals surface area contributed by atoms with Crippen molar-refractivity contribution in [1.29, 1.82) is 0 Å². The second kappa shape index (κ2) is 5.95. The van der Waals surface area contributed by atoms with Crippen LogP contribution in [0.2, 0.25) is 0 Å². The fourth-order valence-corrected chi connectivity index (χ4v) is 2.36. The van der Waals surface area contributed by atoms with Crippen molar-refractivity contribution in [2.45, 2.75) is 39.8 Å². The number of fused-ring (bicyclic) bond motifs is 1. The molecule has 6 nitrogen and oxygen atoms in total. The third-order valence-electron chi connectivity index (χ3n) is 3.20.